The van der Waals surface area contributed by atoms with Crippen molar-refractivity contribution in [1.29, 1.82) is 0 Å². The Kier molecular flexibility index (Phi) is 3.11. The van der Waals surface area contributed by atoms with Crippen LogP contribution in [0, 0.1) is 6.92 Å². The first-order valence-electron chi connectivity index (χ1n) is 5.55. The van der Waals surface area contributed by atoms with E-state index in [0.717, 1.165) is 11.5 Å². The summed E-state index contributed by atoms with van der Waals surface area (Å²) < 4.78 is 5.56. The third-order valence-electron chi connectivity index (χ3n) is 2.95. The van der Waals surface area contributed by atoms with Crippen molar-refractivity contribution in [3.05, 3.63) is 59.5 Å². The molecule has 1 aromatic heterocycles. The van der Waals surface area contributed by atoms with Gasteiger partial charge in [0.2, 0.25) is 0 Å². The molecular weight excluding hydrogens is 198 g/mol. The fourth-order valence-electron chi connectivity index (χ4n) is 1.84. The van der Waals surface area contributed by atoms with Gasteiger partial charge in [0, 0.05) is 5.92 Å². The van der Waals surface area contributed by atoms with Crippen LogP contribution in [0.4, 0.5) is 0 Å². The van der Waals surface area contributed by atoms with Crippen LogP contribution in [0.25, 0.3) is 0 Å². The molecule has 16 heavy (non-hydrogen) atoms. The average Bonchev–Trinajstić information content (AvgIpc) is 2.75. The molecule has 2 N–H and O–H groups in total. The molecule has 2 nitrogen and oxygen atoms in total. The van der Waals surface area contributed by atoms with Crippen LogP contribution in [0.15, 0.2) is 46.9 Å². The molecule has 2 aromatic rings. The molecule has 0 radical (unpaired) electrons. The standard InChI is InChI=1S/C14H17NO/c1-10-8-9-13(16-10)14(15)11(2)12-6-4-3-5-7-12/h3-9,11,14H,15H2,1-2H3. The smallest absolute Gasteiger partial charge is 0.121 e. The molecule has 1 heterocycles. The van der Waals surface area contributed by atoms with Crippen molar-refractivity contribution in [3.63, 3.8) is 0 Å². The van der Waals surface area contributed by atoms with Crippen LogP contribution < -0.4 is 5.73 Å². The summed E-state index contributed by atoms with van der Waals surface area (Å²) >= 11 is 0. The summed E-state index contributed by atoms with van der Waals surface area (Å²) in [5.74, 6) is 2.02. The van der Waals surface area contributed by atoms with E-state index in [0.29, 0.717) is 0 Å². The molecule has 1 aromatic carbocycles. The van der Waals surface area contributed by atoms with E-state index in [1.807, 2.05) is 37.3 Å². The number of benzene rings is 1. The fraction of sp³-hybridized carbons (Fsp3) is 0.286. The molecule has 2 atom stereocenters. The maximum Gasteiger partial charge on any atom is 0.121 e. The van der Waals surface area contributed by atoms with Crippen molar-refractivity contribution in [2.75, 3.05) is 0 Å². The lowest BCUT2D eigenvalue weighted by Crippen LogP contribution is -2.16. The normalized spacial score (nSPS) is 14.7. The maximum atomic E-state index is 6.19. The molecular formula is C14H17NO. The lowest BCUT2D eigenvalue weighted by Gasteiger charge is -2.18. The average molecular weight is 215 g/mol. The lowest BCUT2D eigenvalue weighted by molar-refractivity contribution is 0.420. The molecule has 0 saturated heterocycles. The van der Waals surface area contributed by atoms with Crippen molar-refractivity contribution in [3.8, 4) is 0 Å². The highest BCUT2D eigenvalue weighted by Crippen LogP contribution is 2.29. The Labute approximate surface area is 96.1 Å². The van der Waals surface area contributed by atoms with Crippen molar-refractivity contribution in [2.45, 2.75) is 25.8 Å². The summed E-state index contributed by atoms with van der Waals surface area (Å²) in [6.45, 7) is 4.06. The number of rotatable bonds is 3. The Morgan fingerprint density at radius 2 is 1.75 bits per heavy atom. The second-order valence-electron chi connectivity index (χ2n) is 4.17. The summed E-state index contributed by atoms with van der Waals surface area (Å²) in [4.78, 5) is 0. The van der Waals surface area contributed by atoms with Crippen LogP contribution in [0.5, 0.6) is 0 Å². The van der Waals surface area contributed by atoms with Crippen molar-refractivity contribution < 1.29 is 4.42 Å². The topological polar surface area (TPSA) is 39.2 Å². The van der Waals surface area contributed by atoms with Crippen LogP contribution in [0.2, 0.25) is 0 Å². The second-order valence-corrected chi connectivity index (χ2v) is 4.17. The molecule has 84 valence electrons. The Morgan fingerprint density at radius 1 is 1.06 bits per heavy atom. The summed E-state index contributed by atoms with van der Waals surface area (Å²) in [5.41, 5.74) is 7.43. The third-order valence-corrected chi connectivity index (χ3v) is 2.95. The minimum atomic E-state index is -0.0869. The highest BCUT2D eigenvalue weighted by Gasteiger charge is 2.19. The fourth-order valence-corrected chi connectivity index (χ4v) is 1.84. The van der Waals surface area contributed by atoms with Gasteiger partial charge < -0.3 is 10.2 Å². The zero-order chi connectivity index (χ0) is 11.5. The van der Waals surface area contributed by atoms with Crippen LogP contribution in [0.3, 0.4) is 0 Å². The minimum Gasteiger partial charge on any atom is -0.465 e. The zero-order valence-electron chi connectivity index (χ0n) is 9.68. The number of hydrogen-bond acceptors (Lipinski definition) is 2. The highest BCUT2D eigenvalue weighted by atomic mass is 16.3. The van der Waals surface area contributed by atoms with E-state index in [2.05, 4.69) is 19.1 Å². The van der Waals surface area contributed by atoms with Crippen LogP contribution in [-0.4, -0.2) is 0 Å². The van der Waals surface area contributed by atoms with Crippen molar-refractivity contribution in [1.82, 2.24) is 0 Å². The molecule has 0 saturated carbocycles. The number of nitrogens with two attached hydrogens (primary N) is 1. The molecule has 2 heteroatoms. The van der Waals surface area contributed by atoms with E-state index in [9.17, 15) is 0 Å². The second kappa shape index (κ2) is 4.54. The number of furan rings is 1. The van der Waals surface area contributed by atoms with Gasteiger partial charge in [0.25, 0.3) is 0 Å². The molecule has 0 aliphatic heterocycles. The van der Waals surface area contributed by atoms with E-state index in [4.69, 9.17) is 10.2 Å². The molecule has 2 unspecified atom stereocenters. The molecule has 0 aliphatic carbocycles. The highest BCUT2D eigenvalue weighted by molar-refractivity contribution is 5.23. The van der Waals surface area contributed by atoms with Gasteiger partial charge in [0.15, 0.2) is 0 Å². The first-order chi connectivity index (χ1) is 7.68. The predicted molar refractivity (Wildman–Crippen MR) is 65.2 cm³/mol. The van der Waals surface area contributed by atoms with Gasteiger partial charge >= 0.3 is 0 Å². The van der Waals surface area contributed by atoms with Gasteiger partial charge in [-0.2, -0.15) is 0 Å². The first kappa shape index (κ1) is 11.0. The Bertz CT molecular complexity index is 447. The Hall–Kier alpha value is -1.54. The maximum absolute atomic E-state index is 6.19. The summed E-state index contributed by atoms with van der Waals surface area (Å²) in [6, 6.07) is 14.1. The summed E-state index contributed by atoms with van der Waals surface area (Å²) in [5, 5.41) is 0. The van der Waals surface area contributed by atoms with E-state index >= 15 is 0 Å². The van der Waals surface area contributed by atoms with Gasteiger partial charge in [-0.15, -0.1) is 0 Å². The molecule has 0 bridgehead atoms. The largest absolute Gasteiger partial charge is 0.465 e. The Morgan fingerprint density at radius 3 is 2.31 bits per heavy atom. The SMILES string of the molecule is Cc1ccc(C(N)C(C)c2ccccc2)o1. The molecule has 2 rings (SSSR count). The van der Waals surface area contributed by atoms with Gasteiger partial charge in [-0.05, 0) is 24.6 Å². The zero-order valence-corrected chi connectivity index (χ0v) is 9.68. The van der Waals surface area contributed by atoms with Gasteiger partial charge in [-0.1, -0.05) is 37.3 Å². The van der Waals surface area contributed by atoms with Crippen LogP contribution in [0.1, 0.15) is 36.0 Å². The molecule has 0 aliphatic rings. The van der Waals surface area contributed by atoms with Gasteiger partial charge in [0.1, 0.15) is 11.5 Å². The molecule has 0 fully saturated rings. The molecule has 0 amide bonds. The lowest BCUT2D eigenvalue weighted by atomic mass is 9.92. The van der Waals surface area contributed by atoms with Crippen LogP contribution >= 0.6 is 0 Å². The summed E-state index contributed by atoms with van der Waals surface area (Å²) in [6.07, 6.45) is 0. The van der Waals surface area contributed by atoms with E-state index in [-0.39, 0.29) is 12.0 Å². The van der Waals surface area contributed by atoms with E-state index < -0.39 is 0 Å². The third kappa shape index (κ3) is 2.17. The van der Waals surface area contributed by atoms with Gasteiger partial charge in [-0.3, -0.25) is 0 Å². The molecule has 0 spiro atoms. The van der Waals surface area contributed by atoms with Crippen molar-refractivity contribution >= 4 is 0 Å². The number of hydrogen-bond donors (Lipinski definition) is 1. The Balaban J connectivity index is 2.19. The number of aryl methyl sites for hydroxylation is 1. The summed E-state index contributed by atoms with van der Waals surface area (Å²) in [7, 11) is 0. The van der Waals surface area contributed by atoms with E-state index in [1.54, 1.807) is 0 Å². The minimum absolute atomic E-state index is 0.0869. The van der Waals surface area contributed by atoms with Gasteiger partial charge in [0.05, 0.1) is 6.04 Å². The van der Waals surface area contributed by atoms with Crippen LogP contribution in [-0.2, 0) is 0 Å². The van der Waals surface area contributed by atoms with Crippen molar-refractivity contribution in [2.24, 2.45) is 5.73 Å². The van der Waals surface area contributed by atoms with E-state index in [1.165, 1.54) is 5.56 Å². The van der Waals surface area contributed by atoms with Gasteiger partial charge in [-0.25, -0.2) is 0 Å². The first-order valence-corrected chi connectivity index (χ1v) is 5.55. The predicted octanol–water partition coefficient (Wildman–Crippen LogP) is 3.39. The monoisotopic (exact) mass is 215 g/mol. The quantitative estimate of drug-likeness (QED) is 0.852.